The van der Waals surface area contributed by atoms with Crippen LogP contribution in [0.4, 0.5) is 15.8 Å². The average Bonchev–Trinajstić information content (AvgIpc) is 3.36. The number of hydrogen-bond donors (Lipinski definition) is 0. The minimum Gasteiger partial charge on any atom is -0.334 e. The van der Waals surface area contributed by atoms with Crippen molar-refractivity contribution in [3.8, 4) is 0 Å². The lowest BCUT2D eigenvalue weighted by Crippen LogP contribution is -2.29. The summed E-state index contributed by atoms with van der Waals surface area (Å²) < 4.78 is 13.6. The molecule has 2 heterocycles. The highest BCUT2D eigenvalue weighted by molar-refractivity contribution is 8.20. The fourth-order valence-corrected chi connectivity index (χ4v) is 6.06. The van der Waals surface area contributed by atoms with Crippen LogP contribution in [-0.4, -0.2) is 17.6 Å². The van der Waals surface area contributed by atoms with Gasteiger partial charge < -0.3 is 4.90 Å². The van der Waals surface area contributed by atoms with Gasteiger partial charge in [-0.2, -0.15) is 0 Å². The average molecular weight is 462 g/mol. The Morgan fingerprint density at radius 2 is 1.62 bits per heavy atom. The van der Waals surface area contributed by atoms with Crippen molar-refractivity contribution in [3.05, 3.63) is 100 Å². The van der Waals surface area contributed by atoms with Gasteiger partial charge in [-0.3, -0.25) is 14.7 Å². The molecular formula is C25H20FN3OS2. The van der Waals surface area contributed by atoms with Crippen molar-refractivity contribution in [3.63, 3.8) is 0 Å². The number of halogens is 1. The van der Waals surface area contributed by atoms with Gasteiger partial charge in [0.05, 0.1) is 17.9 Å². The summed E-state index contributed by atoms with van der Waals surface area (Å²) in [6.07, 6.45) is 0. The summed E-state index contributed by atoms with van der Waals surface area (Å²) in [7, 11) is 0. The second-order valence-corrected chi connectivity index (χ2v) is 9.26. The summed E-state index contributed by atoms with van der Waals surface area (Å²) in [5.41, 5.74) is 2.78. The first-order chi connectivity index (χ1) is 15.7. The molecule has 0 atom stereocenters. The molecule has 1 fully saturated rings. The van der Waals surface area contributed by atoms with Crippen molar-refractivity contribution in [2.45, 2.75) is 18.4 Å². The molecule has 2 aliphatic heterocycles. The standard InChI is InChI=1S/C25H20FN3OS2/c1-2-28-20-10-6-7-11-21(20)31-24(28)22-23(30)29(19-14-12-18(26)13-15-19)25(32-22)27-16-17-8-4-3-5-9-17/h3-15H,2,16H2,1H3. The number of nitrogens with zero attached hydrogens (tertiary/aromatic N) is 3. The van der Waals surface area contributed by atoms with Crippen molar-refractivity contribution in [2.24, 2.45) is 4.99 Å². The van der Waals surface area contributed by atoms with Crippen LogP contribution in [0.3, 0.4) is 0 Å². The number of anilines is 2. The second-order valence-electron chi connectivity index (χ2n) is 7.25. The number of amidine groups is 1. The van der Waals surface area contributed by atoms with Gasteiger partial charge in [0.15, 0.2) is 5.17 Å². The minimum atomic E-state index is -0.339. The summed E-state index contributed by atoms with van der Waals surface area (Å²) in [5, 5.41) is 1.52. The van der Waals surface area contributed by atoms with Crippen LogP contribution < -0.4 is 9.80 Å². The number of aliphatic imine (C=N–C) groups is 1. The highest BCUT2D eigenvalue weighted by Crippen LogP contribution is 2.50. The molecule has 0 N–H and O–H groups in total. The molecule has 0 bridgehead atoms. The maximum absolute atomic E-state index is 13.6. The van der Waals surface area contributed by atoms with E-state index in [1.807, 2.05) is 42.5 Å². The quantitative estimate of drug-likeness (QED) is 0.430. The molecule has 7 heteroatoms. The fourth-order valence-electron chi connectivity index (χ4n) is 3.69. The van der Waals surface area contributed by atoms with E-state index in [0.717, 1.165) is 27.7 Å². The van der Waals surface area contributed by atoms with Gasteiger partial charge in [-0.15, -0.1) is 0 Å². The minimum absolute atomic E-state index is 0.137. The monoisotopic (exact) mass is 461 g/mol. The van der Waals surface area contributed by atoms with Crippen LogP contribution in [0.15, 0.2) is 98.7 Å². The lowest BCUT2D eigenvalue weighted by Gasteiger charge is -2.19. The Balaban J connectivity index is 1.56. The Kier molecular flexibility index (Phi) is 5.76. The Morgan fingerprint density at radius 1 is 0.906 bits per heavy atom. The van der Waals surface area contributed by atoms with E-state index in [0.29, 0.717) is 22.3 Å². The molecule has 0 spiro atoms. The van der Waals surface area contributed by atoms with Gasteiger partial charge in [-0.25, -0.2) is 4.39 Å². The molecule has 0 aromatic heterocycles. The number of thioether (sulfide) groups is 2. The van der Waals surface area contributed by atoms with E-state index in [2.05, 4.69) is 24.0 Å². The van der Waals surface area contributed by atoms with Crippen LogP contribution in [0, 0.1) is 5.82 Å². The van der Waals surface area contributed by atoms with E-state index in [1.54, 1.807) is 28.8 Å². The SMILES string of the molecule is CCN1C(=C2SC(=NCc3ccccc3)N(c3ccc(F)cc3)C2=O)Sc2ccccc21. The Bertz CT molecular complexity index is 1230. The normalized spacial score (nSPS) is 19.2. The van der Waals surface area contributed by atoms with Crippen LogP contribution in [-0.2, 0) is 11.3 Å². The van der Waals surface area contributed by atoms with E-state index in [9.17, 15) is 9.18 Å². The zero-order valence-electron chi connectivity index (χ0n) is 17.4. The predicted octanol–water partition coefficient (Wildman–Crippen LogP) is 6.26. The summed E-state index contributed by atoms with van der Waals surface area (Å²) >= 11 is 2.99. The first-order valence-corrected chi connectivity index (χ1v) is 11.9. The predicted molar refractivity (Wildman–Crippen MR) is 131 cm³/mol. The summed E-state index contributed by atoms with van der Waals surface area (Å²) in [6.45, 7) is 3.29. The van der Waals surface area contributed by atoms with Gasteiger partial charge in [0.2, 0.25) is 0 Å². The van der Waals surface area contributed by atoms with Crippen LogP contribution in [0.1, 0.15) is 12.5 Å². The van der Waals surface area contributed by atoms with Crippen LogP contribution >= 0.6 is 23.5 Å². The summed E-state index contributed by atoms with van der Waals surface area (Å²) in [5.74, 6) is -0.476. The Hall–Kier alpha value is -3.03. The number of carbonyl (C=O) groups is 1. The molecule has 3 aromatic carbocycles. The van der Waals surface area contributed by atoms with Gasteiger partial charge in [0.1, 0.15) is 15.8 Å². The van der Waals surface area contributed by atoms with E-state index < -0.39 is 0 Å². The molecule has 1 saturated heterocycles. The summed E-state index contributed by atoms with van der Waals surface area (Å²) in [4.78, 5) is 24.0. The molecule has 0 aliphatic carbocycles. The molecule has 2 aliphatic rings. The number of rotatable bonds is 4. The molecule has 0 saturated carbocycles. The number of carbonyl (C=O) groups excluding carboxylic acids is 1. The van der Waals surface area contributed by atoms with Crippen LogP contribution in [0.5, 0.6) is 0 Å². The maximum Gasteiger partial charge on any atom is 0.274 e. The third-order valence-corrected chi connectivity index (χ3v) is 7.60. The van der Waals surface area contributed by atoms with E-state index >= 15 is 0 Å². The molecule has 160 valence electrons. The topological polar surface area (TPSA) is 35.9 Å². The zero-order valence-corrected chi connectivity index (χ0v) is 19.0. The second kappa shape index (κ2) is 8.84. The van der Waals surface area contributed by atoms with Gasteiger partial charge in [0.25, 0.3) is 5.91 Å². The number of para-hydroxylation sites is 1. The fraction of sp³-hybridized carbons (Fsp3) is 0.120. The van der Waals surface area contributed by atoms with Gasteiger partial charge in [-0.1, -0.05) is 54.2 Å². The molecule has 0 unspecified atom stereocenters. The lowest BCUT2D eigenvalue weighted by atomic mass is 10.2. The molecule has 32 heavy (non-hydrogen) atoms. The van der Waals surface area contributed by atoms with E-state index in [1.165, 1.54) is 23.9 Å². The van der Waals surface area contributed by atoms with Crippen molar-refractivity contribution in [1.29, 1.82) is 0 Å². The maximum atomic E-state index is 13.6. The van der Waals surface area contributed by atoms with Gasteiger partial charge >= 0.3 is 0 Å². The Labute approximate surface area is 194 Å². The van der Waals surface area contributed by atoms with Crippen molar-refractivity contribution >= 4 is 46.0 Å². The molecule has 0 radical (unpaired) electrons. The van der Waals surface area contributed by atoms with Crippen LogP contribution in [0.25, 0.3) is 0 Å². The number of hydrogen-bond acceptors (Lipinski definition) is 5. The number of benzene rings is 3. The number of fused-ring (bicyclic) bond motifs is 1. The van der Waals surface area contributed by atoms with E-state index in [-0.39, 0.29) is 11.7 Å². The Morgan fingerprint density at radius 3 is 2.38 bits per heavy atom. The van der Waals surface area contributed by atoms with Crippen LogP contribution in [0.2, 0.25) is 0 Å². The molecule has 1 amide bonds. The molecule has 4 nitrogen and oxygen atoms in total. The highest BCUT2D eigenvalue weighted by Gasteiger charge is 2.40. The largest absolute Gasteiger partial charge is 0.334 e. The first kappa shape index (κ1) is 20.8. The molecular weight excluding hydrogens is 441 g/mol. The third-order valence-electron chi connectivity index (χ3n) is 5.22. The number of amides is 1. The van der Waals surface area contributed by atoms with Crippen molar-refractivity contribution in [2.75, 3.05) is 16.3 Å². The van der Waals surface area contributed by atoms with Crippen molar-refractivity contribution < 1.29 is 9.18 Å². The third kappa shape index (κ3) is 3.82. The lowest BCUT2D eigenvalue weighted by molar-refractivity contribution is -0.113. The van der Waals surface area contributed by atoms with Gasteiger partial charge in [-0.05, 0) is 60.6 Å². The molecule has 3 aromatic rings. The van der Waals surface area contributed by atoms with Crippen molar-refractivity contribution in [1.82, 2.24) is 0 Å². The zero-order chi connectivity index (χ0) is 22.1. The summed E-state index contributed by atoms with van der Waals surface area (Å²) in [6, 6.07) is 24.1. The molecule has 5 rings (SSSR count). The highest BCUT2D eigenvalue weighted by atomic mass is 32.2. The first-order valence-electron chi connectivity index (χ1n) is 10.3. The van der Waals surface area contributed by atoms with E-state index in [4.69, 9.17) is 4.99 Å². The smallest absolute Gasteiger partial charge is 0.274 e. The van der Waals surface area contributed by atoms with Gasteiger partial charge in [0, 0.05) is 11.4 Å².